The molecule has 0 unspecified atom stereocenters. The lowest BCUT2D eigenvalue weighted by atomic mass is 10.2. The third-order valence-corrected chi connectivity index (χ3v) is 7.05. The van der Waals surface area contributed by atoms with Crippen molar-refractivity contribution in [1.29, 1.82) is 0 Å². The summed E-state index contributed by atoms with van der Waals surface area (Å²) >= 11 is 0. The van der Waals surface area contributed by atoms with Gasteiger partial charge in [-0.2, -0.15) is 0 Å². The zero-order valence-corrected chi connectivity index (χ0v) is 21.1. The van der Waals surface area contributed by atoms with Crippen LogP contribution in [0.1, 0.15) is 5.56 Å². The van der Waals surface area contributed by atoms with Crippen molar-refractivity contribution in [3.8, 4) is 23.0 Å². The second-order valence-electron chi connectivity index (χ2n) is 7.47. The van der Waals surface area contributed by atoms with Gasteiger partial charge in [0.05, 0.1) is 39.0 Å². The lowest BCUT2D eigenvalue weighted by Crippen LogP contribution is -2.40. The van der Waals surface area contributed by atoms with E-state index >= 15 is 0 Å². The molecule has 0 saturated carbocycles. The van der Waals surface area contributed by atoms with Crippen LogP contribution < -0.4 is 28.6 Å². The van der Waals surface area contributed by atoms with E-state index in [1.165, 1.54) is 58.8 Å². The number of hydrogen-bond donors (Lipinski definition) is 1. The summed E-state index contributed by atoms with van der Waals surface area (Å²) in [5, 5.41) is 2.70. The van der Waals surface area contributed by atoms with Crippen molar-refractivity contribution in [3.63, 3.8) is 0 Å². The molecular formula is C25H27FN2O7S. The maximum absolute atomic E-state index is 13.6. The number of halogens is 1. The Morgan fingerprint density at radius 2 is 1.36 bits per heavy atom. The molecule has 1 amide bonds. The molecule has 3 aromatic rings. The van der Waals surface area contributed by atoms with Crippen LogP contribution in [-0.2, 0) is 21.4 Å². The minimum atomic E-state index is -4.24. The van der Waals surface area contributed by atoms with E-state index in [4.69, 9.17) is 18.9 Å². The van der Waals surface area contributed by atoms with E-state index in [1.54, 1.807) is 18.2 Å². The van der Waals surface area contributed by atoms with Gasteiger partial charge in [-0.25, -0.2) is 12.8 Å². The first-order valence-electron chi connectivity index (χ1n) is 10.7. The SMILES string of the molecule is COc1ccc(CNC(=O)CN(c2ccc(F)cc2)S(=O)(=O)c2ccc(OC)c(OC)c2)cc1OC. The minimum absolute atomic E-state index is 0.118. The van der Waals surface area contributed by atoms with Crippen LogP contribution in [0.4, 0.5) is 10.1 Å². The van der Waals surface area contributed by atoms with E-state index in [-0.39, 0.29) is 22.9 Å². The van der Waals surface area contributed by atoms with Gasteiger partial charge in [-0.05, 0) is 54.1 Å². The molecule has 1 N–H and O–H groups in total. The number of nitrogens with zero attached hydrogens (tertiary/aromatic N) is 1. The number of sulfonamides is 1. The molecule has 9 nitrogen and oxygen atoms in total. The lowest BCUT2D eigenvalue weighted by molar-refractivity contribution is -0.119. The van der Waals surface area contributed by atoms with Gasteiger partial charge in [-0.15, -0.1) is 0 Å². The van der Waals surface area contributed by atoms with E-state index in [0.717, 1.165) is 22.0 Å². The Kier molecular flexibility index (Phi) is 8.59. The number of hydrogen-bond acceptors (Lipinski definition) is 7. The Hall–Kier alpha value is -3.99. The number of amides is 1. The van der Waals surface area contributed by atoms with Crippen LogP contribution in [-0.4, -0.2) is 49.3 Å². The quantitative estimate of drug-likeness (QED) is 0.415. The number of anilines is 1. The first kappa shape index (κ1) is 26.6. The molecule has 0 heterocycles. The molecule has 3 rings (SSSR count). The fourth-order valence-electron chi connectivity index (χ4n) is 3.40. The average molecular weight is 519 g/mol. The van der Waals surface area contributed by atoms with Gasteiger partial charge in [0.2, 0.25) is 5.91 Å². The summed E-state index contributed by atoms with van der Waals surface area (Å²) < 4.78 is 62.5. The van der Waals surface area contributed by atoms with Gasteiger partial charge in [0.25, 0.3) is 10.0 Å². The third-order valence-electron chi connectivity index (χ3n) is 5.28. The first-order valence-corrected chi connectivity index (χ1v) is 12.2. The van der Waals surface area contributed by atoms with E-state index in [9.17, 15) is 17.6 Å². The Balaban J connectivity index is 1.88. The van der Waals surface area contributed by atoms with Gasteiger partial charge in [0.1, 0.15) is 12.4 Å². The second-order valence-corrected chi connectivity index (χ2v) is 9.33. The highest BCUT2D eigenvalue weighted by Crippen LogP contribution is 2.32. The monoisotopic (exact) mass is 518 g/mol. The van der Waals surface area contributed by atoms with Gasteiger partial charge in [0.15, 0.2) is 23.0 Å². The standard InChI is InChI=1S/C25H27FN2O7S/c1-32-21-11-5-17(13-23(21)34-3)15-27-25(29)16-28(19-8-6-18(26)7-9-19)36(30,31)20-10-12-22(33-2)24(14-20)35-4/h5-14H,15-16H2,1-4H3,(H,27,29). The second kappa shape index (κ2) is 11.6. The molecule has 0 atom stereocenters. The molecule has 0 radical (unpaired) electrons. The summed E-state index contributed by atoms with van der Waals surface area (Å²) in [4.78, 5) is 12.7. The third kappa shape index (κ3) is 5.98. The molecule has 192 valence electrons. The maximum Gasteiger partial charge on any atom is 0.264 e. The summed E-state index contributed by atoms with van der Waals surface area (Å²) in [7, 11) is 1.58. The topological polar surface area (TPSA) is 103 Å². The number of methoxy groups -OCH3 is 4. The lowest BCUT2D eigenvalue weighted by Gasteiger charge is -2.24. The van der Waals surface area contributed by atoms with Crippen LogP contribution in [0.15, 0.2) is 65.6 Å². The van der Waals surface area contributed by atoms with E-state index in [0.29, 0.717) is 17.2 Å². The molecule has 36 heavy (non-hydrogen) atoms. The number of carbonyl (C=O) groups excluding carboxylic acids is 1. The van der Waals surface area contributed by atoms with Crippen molar-refractivity contribution >= 4 is 21.6 Å². The number of rotatable bonds is 11. The van der Waals surface area contributed by atoms with Crippen LogP contribution in [0.5, 0.6) is 23.0 Å². The van der Waals surface area contributed by atoms with Crippen LogP contribution in [0, 0.1) is 5.82 Å². The molecule has 0 aliphatic heterocycles. The smallest absolute Gasteiger partial charge is 0.264 e. The Labute approximate surface area is 209 Å². The van der Waals surface area contributed by atoms with Gasteiger partial charge in [0, 0.05) is 12.6 Å². The van der Waals surface area contributed by atoms with Gasteiger partial charge >= 0.3 is 0 Å². The Morgan fingerprint density at radius 1 is 0.806 bits per heavy atom. The Morgan fingerprint density at radius 3 is 1.94 bits per heavy atom. The zero-order chi connectivity index (χ0) is 26.3. The minimum Gasteiger partial charge on any atom is -0.493 e. The molecule has 0 aliphatic carbocycles. The Bertz CT molecular complexity index is 1310. The summed E-state index contributed by atoms with van der Waals surface area (Å²) in [6.07, 6.45) is 0. The number of nitrogens with one attached hydrogen (secondary N) is 1. The number of carbonyl (C=O) groups is 1. The summed E-state index contributed by atoms with van der Waals surface area (Å²) in [5.74, 6) is 0.468. The molecule has 0 aromatic heterocycles. The van der Waals surface area contributed by atoms with Crippen molar-refractivity contribution in [3.05, 3.63) is 72.0 Å². The predicted molar refractivity (Wildman–Crippen MR) is 132 cm³/mol. The molecule has 0 fully saturated rings. The van der Waals surface area contributed by atoms with Crippen molar-refractivity contribution in [2.24, 2.45) is 0 Å². The van der Waals surface area contributed by atoms with Gasteiger partial charge < -0.3 is 24.3 Å². The normalized spacial score (nSPS) is 10.9. The highest BCUT2D eigenvalue weighted by Gasteiger charge is 2.28. The van der Waals surface area contributed by atoms with Crippen LogP contribution in [0.25, 0.3) is 0 Å². The number of benzene rings is 3. The van der Waals surface area contributed by atoms with E-state index in [2.05, 4.69) is 5.32 Å². The molecule has 0 saturated heterocycles. The van der Waals surface area contributed by atoms with Crippen LogP contribution in [0.3, 0.4) is 0 Å². The highest BCUT2D eigenvalue weighted by molar-refractivity contribution is 7.92. The summed E-state index contributed by atoms with van der Waals surface area (Å²) in [5.41, 5.74) is 0.838. The zero-order valence-electron chi connectivity index (χ0n) is 20.3. The summed E-state index contributed by atoms with van der Waals surface area (Å²) in [6, 6.07) is 14.1. The van der Waals surface area contributed by atoms with Crippen molar-refractivity contribution in [1.82, 2.24) is 5.32 Å². The van der Waals surface area contributed by atoms with Crippen LogP contribution >= 0.6 is 0 Å². The molecule has 3 aromatic carbocycles. The molecule has 0 bridgehead atoms. The van der Waals surface area contributed by atoms with Gasteiger partial charge in [-0.3, -0.25) is 9.10 Å². The van der Waals surface area contributed by atoms with Gasteiger partial charge in [-0.1, -0.05) is 6.07 Å². The van der Waals surface area contributed by atoms with Crippen molar-refractivity contribution in [2.75, 3.05) is 39.3 Å². The van der Waals surface area contributed by atoms with Crippen molar-refractivity contribution < 1.29 is 36.6 Å². The average Bonchev–Trinajstić information content (AvgIpc) is 2.90. The predicted octanol–water partition coefficient (Wildman–Crippen LogP) is 3.37. The first-order chi connectivity index (χ1) is 17.2. The molecule has 0 spiro atoms. The molecular weight excluding hydrogens is 491 g/mol. The van der Waals surface area contributed by atoms with Crippen molar-refractivity contribution in [2.45, 2.75) is 11.4 Å². The van der Waals surface area contributed by atoms with E-state index < -0.39 is 28.3 Å². The summed E-state index contributed by atoms with van der Waals surface area (Å²) in [6.45, 7) is -0.428. The van der Waals surface area contributed by atoms with Crippen LogP contribution in [0.2, 0.25) is 0 Å². The van der Waals surface area contributed by atoms with E-state index in [1.807, 2.05) is 0 Å². The highest BCUT2D eigenvalue weighted by atomic mass is 32.2. The maximum atomic E-state index is 13.6. The number of ether oxygens (including phenoxy) is 4. The fourth-order valence-corrected chi connectivity index (χ4v) is 4.84. The fraction of sp³-hybridized carbons (Fsp3) is 0.240. The molecule has 11 heteroatoms. The largest absolute Gasteiger partial charge is 0.493 e. The molecule has 0 aliphatic rings.